The molecule has 2 aromatic carbocycles. The first-order chi connectivity index (χ1) is 11.9. The number of aromatic nitrogens is 1. The number of hydrogen-bond donors (Lipinski definition) is 0. The van der Waals surface area contributed by atoms with Crippen molar-refractivity contribution in [2.24, 2.45) is 0 Å². The second-order valence-electron chi connectivity index (χ2n) is 5.10. The first-order valence-electron chi connectivity index (χ1n) is 7.28. The van der Waals surface area contributed by atoms with Gasteiger partial charge in [0, 0.05) is 5.56 Å². The molecule has 0 bridgehead atoms. The Bertz CT molecular complexity index is 873. The minimum atomic E-state index is -4.64. The zero-order valence-electron chi connectivity index (χ0n) is 12.8. The molecule has 1 heterocycles. The van der Waals surface area contributed by atoms with E-state index < -0.39 is 23.3 Å². The third-order valence-corrected chi connectivity index (χ3v) is 3.39. The summed E-state index contributed by atoms with van der Waals surface area (Å²) in [5, 5.41) is 0. The maximum atomic E-state index is 12.9. The Morgan fingerprint density at radius 2 is 1.72 bits per heavy atom. The molecule has 25 heavy (non-hydrogen) atoms. The number of alkyl halides is 3. The predicted molar refractivity (Wildman–Crippen MR) is 82.5 cm³/mol. The Labute approximate surface area is 140 Å². The smallest absolute Gasteiger partial charge is 0.417 e. The molecule has 0 N–H and O–H groups in total. The van der Waals surface area contributed by atoms with Crippen molar-refractivity contribution >= 4 is 5.97 Å². The van der Waals surface area contributed by atoms with Crippen LogP contribution >= 0.6 is 0 Å². The molecule has 128 valence electrons. The maximum absolute atomic E-state index is 12.9. The highest BCUT2D eigenvalue weighted by molar-refractivity contribution is 5.91. The molecule has 0 saturated heterocycles. The molecule has 0 unspecified atom stereocenters. The minimum absolute atomic E-state index is 0.0942. The molecule has 0 atom stereocenters. The second kappa shape index (κ2) is 6.80. The molecule has 0 amide bonds. The number of carbonyl (C=O) groups is 1. The molecule has 4 nitrogen and oxygen atoms in total. The van der Waals surface area contributed by atoms with E-state index in [4.69, 9.17) is 9.15 Å². The van der Waals surface area contributed by atoms with Gasteiger partial charge in [0.25, 0.3) is 0 Å². The molecular formula is C18H12F3NO3. The number of benzene rings is 2. The van der Waals surface area contributed by atoms with Crippen LogP contribution in [0.4, 0.5) is 13.2 Å². The van der Waals surface area contributed by atoms with Crippen LogP contribution in [0.25, 0.3) is 11.3 Å². The second-order valence-corrected chi connectivity index (χ2v) is 5.10. The summed E-state index contributed by atoms with van der Waals surface area (Å²) in [6.07, 6.45) is -3.18. The molecule has 0 aliphatic heterocycles. The number of oxazole rings is 1. The SMILES string of the molecule is O=C(OCc1ncc(-c2ccccc2)o1)c1ccccc1C(F)(F)F. The van der Waals surface area contributed by atoms with Gasteiger partial charge >= 0.3 is 12.1 Å². The van der Waals surface area contributed by atoms with Gasteiger partial charge in [-0.25, -0.2) is 9.78 Å². The topological polar surface area (TPSA) is 52.3 Å². The van der Waals surface area contributed by atoms with Crippen molar-refractivity contribution in [2.75, 3.05) is 0 Å². The van der Waals surface area contributed by atoms with Gasteiger partial charge in [-0.15, -0.1) is 0 Å². The Morgan fingerprint density at radius 3 is 2.44 bits per heavy atom. The average molecular weight is 347 g/mol. The fourth-order valence-corrected chi connectivity index (χ4v) is 2.23. The lowest BCUT2D eigenvalue weighted by Gasteiger charge is -2.11. The highest BCUT2D eigenvalue weighted by atomic mass is 19.4. The summed E-state index contributed by atoms with van der Waals surface area (Å²) in [4.78, 5) is 15.9. The number of halogens is 3. The van der Waals surface area contributed by atoms with Crippen LogP contribution in [0.1, 0.15) is 21.8 Å². The van der Waals surface area contributed by atoms with E-state index in [9.17, 15) is 18.0 Å². The Hall–Kier alpha value is -3.09. The van der Waals surface area contributed by atoms with Crippen LogP contribution in [0.15, 0.2) is 65.2 Å². The van der Waals surface area contributed by atoms with Crippen molar-refractivity contribution in [2.45, 2.75) is 12.8 Å². The standard InChI is InChI=1S/C18H12F3NO3/c19-18(20,21)14-9-5-4-8-13(14)17(23)24-11-16-22-10-15(25-16)12-6-2-1-3-7-12/h1-10H,11H2. The predicted octanol–water partition coefficient (Wildman–Crippen LogP) is 4.72. The van der Waals surface area contributed by atoms with Crippen molar-refractivity contribution in [3.63, 3.8) is 0 Å². The maximum Gasteiger partial charge on any atom is 0.417 e. The minimum Gasteiger partial charge on any atom is -0.452 e. The van der Waals surface area contributed by atoms with Gasteiger partial charge in [-0.3, -0.25) is 0 Å². The summed E-state index contributed by atoms with van der Waals surface area (Å²) in [5.74, 6) is -0.522. The van der Waals surface area contributed by atoms with Gasteiger partial charge in [0.15, 0.2) is 12.4 Å². The fourth-order valence-electron chi connectivity index (χ4n) is 2.23. The largest absolute Gasteiger partial charge is 0.452 e. The van der Waals surface area contributed by atoms with Crippen molar-refractivity contribution in [3.8, 4) is 11.3 Å². The number of esters is 1. The van der Waals surface area contributed by atoms with E-state index in [0.717, 1.165) is 17.7 Å². The number of nitrogens with zero attached hydrogens (tertiary/aromatic N) is 1. The quantitative estimate of drug-likeness (QED) is 0.641. The zero-order valence-corrected chi connectivity index (χ0v) is 12.8. The van der Waals surface area contributed by atoms with Gasteiger partial charge in [-0.1, -0.05) is 42.5 Å². The Kier molecular flexibility index (Phi) is 4.56. The van der Waals surface area contributed by atoms with Gasteiger partial charge in [0.1, 0.15) is 0 Å². The molecule has 0 aliphatic carbocycles. The van der Waals surface area contributed by atoms with Gasteiger partial charge in [0.05, 0.1) is 17.3 Å². The van der Waals surface area contributed by atoms with Crippen LogP contribution in [0.5, 0.6) is 0 Å². The number of carbonyl (C=O) groups excluding carboxylic acids is 1. The molecule has 1 aromatic heterocycles. The van der Waals surface area contributed by atoms with Crippen molar-refractivity contribution in [1.29, 1.82) is 0 Å². The summed E-state index contributed by atoms with van der Waals surface area (Å²) >= 11 is 0. The molecular weight excluding hydrogens is 335 g/mol. The monoisotopic (exact) mass is 347 g/mol. The van der Waals surface area contributed by atoms with E-state index in [1.54, 1.807) is 0 Å². The normalized spacial score (nSPS) is 11.3. The molecule has 3 aromatic rings. The summed E-state index contributed by atoms with van der Waals surface area (Å²) in [5.41, 5.74) is -0.808. The third-order valence-electron chi connectivity index (χ3n) is 3.39. The lowest BCUT2D eigenvalue weighted by atomic mass is 10.1. The highest BCUT2D eigenvalue weighted by Crippen LogP contribution is 2.32. The van der Waals surface area contributed by atoms with Crippen LogP contribution in [0.2, 0.25) is 0 Å². The molecule has 0 spiro atoms. The van der Waals surface area contributed by atoms with Gasteiger partial charge in [0.2, 0.25) is 5.89 Å². The molecule has 0 aliphatic rings. The van der Waals surface area contributed by atoms with E-state index in [-0.39, 0.29) is 12.5 Å². The van der Waals surface area contributed by atoms with Gasteiger partial charge in [-0.05, 0) is 12.1 Å². The van der Waals surface area contributed by atoms with Crippen molar-refractivity contribution in [1.82, 2.24) is 4.98 Å². The van der Waals surface area contributed by atoms with Crippen molar-refractivity contribution in [3.05, 3.63) is 77.8 Å². The lowest BCUT2D eigenvalue weighted by molar-refractivity contribution is -0.138. The zero-order chi connectivity index (χ0) is 17.9. The van der Waals surface area contributed by atoms with E-state index in [2.05, 4.69) is 4.98 Å². The first-order valence-corrected chi connectivity index (χ1v) is 7.28. The Morgan fingerprint density at radius 1 is 1.04 bits per heavy atom. The van der Waals surface area contributed by atoms with Gasteiger partial charge < -0.3 is 9.15 Å². The molecule has 0 radical (unpaired) electrons. The number of hydrogen-bond acceptors (Lipinski definition) is 4. The fraction of sp³-hybridized carbons (Fsp3) is 0.111. The van der Waals surface area contributed by atoms with E-state index in [0.29, 0.717) is 5.76 Å². The van der Waals surface area contributed by atoms with Crippen molar-refractivity contribution < 1.29 is 27.1 Å². The first kappa shape index (κ1) is 16.8. The molecule has 7 heteroatoms. The summed E-state index contributed by atoms with van der Waals surface area (Å²) < 4.78 is 49.1. The number of rotatable bonds is 4. The van der Waals surface area contributed by atoms with Crippen LogP contribution in [0, 0.1) is 0 Å². The highest BCUT2D eigenvalue weighted by Gasteiger charge is 2.35. The summed E-state index contributed by atoms with van der Waals surface area (Å²) in [6.45, 7) is -0.363. The van der Waals surface area contributed by atoms with E-state index in [1.807, 2.05) is 30.3 Å². The third kappa shape index (κ3) is 3.88. The average Bonchev–Trinajstić information content (AvgIpc) is 3.09. The summed E-state index contributed by atoms with van der Waals surface area (Å²) in [6, 6.07) is 13.6. The molecule has 0 saturated carbocycles. The van der Waals surface area contributed by atoms with E-state index in [1.165, 1.54) is 18.3 Å². The lowest BCUT2D eigenvalue weighted by Crippen LogP contribution is -2.15. The van der Waals surface area contributed by atoms with Crippen LogP contribution in [0.3, 0.4) is 0 Å². The molecule has 3 rings (SSSR count). The molecule has 0 fully saturated rings. The Balaban J connectivity index is 1.71. The van der Waals surface area contributed by atoms with Crippen LogP contribution < -0.4 is 0 Å². The van der Waals surface area contributed by atoms with Crippen LogP contribution in [-0.2, 0) is 17.5 Å². The van der Waals surface area contributed by atoms with Crippen LogP contribution in [-0.4, -0.2) is 11.0 Å². The van der Waals surface area contributed by atoms with E-state index >= 15 is 0 Å². The van der Waals surface area contributed by atoms with Gasteiger partial charge in [-0.2, -0.15) is 13.2 Å². The number of ether oxygens (including phenoxy) is 1. The summed E-state index contributed by atoms with van der Waals surface area (Å²) in [7, 11) is 0.